The summed E-state index contributed by atoms with van der Waals surface area (Å²) in [6.45, 7) is 2.05. The van der Waals surface area contributed by atoms with E-state index in [1.807, 2.05) is 11.9 Å². The topological polar surface area (TPSA) is 46.3 Å². The molecule has 16 heavy (non-hydrogen) atoms. The summed E-state index contributed by atoms with van der Waals surface area (Å²) >= 11 is 0. The van der Waals surface area contributed by atoms with E-state index >= 15 is 0 Å². The summed E-state index contributed by atoms with van der Waals surface area (Å²) < 4.78 is 0. The Labute approximate surface area is 98.4 Å². The van der Waals surface area contributed by atoms with Crippen molar-refractivity contribution >= 4 is 5.91 Å². The van der Waals surface area contributed by atoms with Crippen molar-refractivity contribution in [3.8, 4) is 0 Å². The fourth-order valence-electron chi connectivity index (χ4n) is 3.32. The van der Waals surface area contributed by atoms with Crippen molar-refractivity contribution in [3.05, 3.63) is 0 Å². The molecule has 0 bridgehead atoms. The van der Waals surface area contributed by atoms with Crippen LogP contribution in [0.2, 0.25) is 0 Å². The van der Waals surface area contributed by atoms with Crippen LogP contribution >= 0.6 is 0 Å². The summed E-state index contributed by atoms with van der Waals surface area (Å²) in [5.74, 6) is 0.282. The zero-order valence-corrected chi connectivity index (χ0v) is 10.5. The lowest BCUT2D eigenvalue weighted by Gasteiger charge is -2.35. The molecule has 2 N–H and O–H groups in total. The minimum absolute atomic E-state index is 0.0591. The third-order valence-corrected chi connectivity index (χ3v) is 4.71. The van der Waals surface area contributed by atoms with Gasteiger partial charge in [0.05, 0.1) is 5.41 Å². The van der Waals surface area contributed by atoms with E-state index < -0.39 is 0 Å². The van der Waals surface area contributed by atoms with Crippen LogP contribution in [0.25, 0.3) is 0 Å². The van der Waals surface area contributed by atoms with Crippen molar-refractivity contribution in [2.24, 2.45) is 11.1 Å². The Bertz CT molecular complexity index is 273. The van der Waals surface area contributed by atoms with Crippen molar-refractivity contribution in [2.45, 2.75) is 64.0 Å². The molecule has 2 fully saturated rings. The van der Waals surface area contributed by atoms with Gasteiger partial charge in [0.25, 0.3) is 0 Å². The van der Waals surface area contributed by atoms with Gasteiger partial charge in [0.1, 0.15) is 0 Å². The quantitative estimate of drug-likeness (QED) is 0.778. The number of rotatable bonds is 2. The largest absolute Gasteiger partial charge is 0.342 e. The maximum absolute atomic E-state index is 12.5. The first kappa shape index (κ1) is 11.9. The summed E-state index contributed by atoms with van der Waals surface area (Å²) in [7, 11) is 1.97. The molecule has 0 aliphatic heterocycles. The van der Waals surface area contributed by atoms with Gasteiger partial charge in [-0.25, -0.2) is 0 Å². The summed E-state index contributed by atoms with van der Waals surface area (Å²) in [6.07, 6.45) is 7.95. The molecule has 0 saturated heterocycles. The van der Waals surface area contributed by atoms with E-state index in [0.717, 1.165) is 19.3 Å². The SMILES string of the molecule is CN(C(=O)C1(C)CCCC1N)C1CCCC1. The fourth-order valence-corrected chi connectivity index (χ4v) is 3.32. The molecule has 3 nitrogen and oxygen atoms in total. The second-order valence-corrected chi connectivity index (χ2v) is 5.77. The molecule has 2 aliphatic rings. The van der Waals surface area contributed by atoms with Crippen LogP contribution in [0.5, 0.6) is 0 Å². The van der Waals surface area contributed by atoms with Crippen molar-refractivity contribution in [3.63, 3.8) is 0 Å². The van der Waals surface area contributed by atoms with Crippen molar-refractivity contribution in [2.75, 3.05) is 7.05 Å². The zero-order chi connectivity index (χ0) is 11.8. The molecule has 1 amide bonds. The van der Waals surface area contributed by atoms with Gasteiger partial charge in [-0.05, 0) is 32.6 Å². The van der Waals surface area contributed by atoms with Gasteiger partial charge >= 0.3 is 0 Å². The molecule has 0 aromatic carbocycles. The number of nitrogens with zero attached hydrogens (tertiary/aromatic N) is 1. The first-order valence-corrected chi connectivity index (χ1v) is 6.58. The molecule has 0 spiro atoms. The maximum Gasteiger partial charge on any atom is 0.230 e. The van der Waals surface area contributed by atoms with Crippen LogP contribution < -0.4 is 5.73 Å². The number of nitrogens with two attached hydrogens (primary N) is 1. The summed E-state index contributed by atoms with van der Waals surface area (Å²) in [5.41, 5.74) is 5.81. The number of amides is 1. The molecule has 0 heterocycles. The predicted octanol–water partition coefficient (Wildman–Crippen LogP) is 1.90. The fraction of sp³-hybridized carbons (Fsp3) is 0.923. The molecular weight excluding hydrogens is 200 g/mol. The van der Waals surface area contributed by atoms with Crippen LogP contribution in [0.15, 0.2) is 0 Å². The molecule has 2 atom stereocenters. The highest BCUT2D eigenvalue weighted by atomic mass is 16.2. The molecule has 0 aromatic heterocycles. The van der Waals surface area contributed by atoms with Gasteiger partial charge in [-0.3, -0.25) is 4.79 Å². The van der Waals surface area contributed by atoms with Gasteiger partial charge in [-0.2, -0.15) is 0 Å². The maximum atomic E-state index is 12.5. The van der Waals surface area contributed by atoms with E-state index in [2.05, 4.69) is 6.92 Å². The molecule has 2 saturated carbocycles. The lowest BCUT2D eigenvalue weighted by Crippen LogP contribution is -2.50. The van der Waals surface area contributed by atoms with Gasteiger partial charge in [0.15, 0.2) is 0 Å². The Morgan fingerprint density at radius 2 is 1.88 bits per heavy atom. The first-order chi connectivity index (χ1) is 7.55. The third kappa shape index (κ3) is 1.86. The Morgan fingerprint density at radius 1 is 1.25 bits per heavy atom. The highest BCUT2D eigenvalue weighted by Crippen LogP contribution is 2.39. The van der Waals surface area contributed by atoms with Gasteiger partial charge in [-0.15, -0.1) is 0 Å². The number of carbonyl (C=O) groups excluding carboxylic acids is 1. The molecule has 2 aliphatic carbocycles. The van der Waals surface area contributed by atoms with E-state index in [4.69, 9.17) is 5.73 Å². The van der Waals surface area contributed by atoms with Crippen molar-refractivity contribution in [1.82, 2.24) is 4.90 Å². The van der Waals surface area contributed by atoms with E-state index in [0.29, 0.717) is 6.04 Å². The van der Waals surface area contributed by atoms with Crippen LogP contribution in [-0.4, -0.2) is 29.9 Å². The smallest absolute Gasteiger partial charge is 0.230 e. The van der Waals surface area contributed by atoms with Gasteiger partial charge < -0.3 is 10.6 Å². The lowest BCUT2D eigenvalue weighted by atomic mass is 9.83. The normalized spacial score (nSPS) is 35.6. The van der Waals surface area contributed by atoms with Crippen LogP contribution in [0.3, 0.4) is 0 Å². The minimum atomic E-state index is -0.294. The van der Waals surface area contributed by atoms with Gasteiger partial charge in [0.2, 0.25) is 5.91 Å². The van der Waals surface area contributed by atoms with Crippen LogP contribution in [-0.2, 0) is 4.79 Å². The summed E-state index contributed by atoms with van der Waals surface area (Å²) in [6, 6.07) is 0.529. The van der Waals surface area contributed by atoms with E-state index in [1.54, 1.807) is 0 Å². The molecule has 3 heteroatoms. The summed E-state index contributed by atoms with van der Waals surface area (Å²) in [5, 5.41) is 0. The second kappa shape index (κ2) is 4.36. The average molecular weight is 224 g/mol. The number of hydrogen-bond donors (Lipinski definition) is 1. The Balaban J connectivity index is 2.05. The predicted molar refractivity (Wildman–Crippen MR) is 65.0 cm³/mol. The zero-order valence-electron chi connectivity index (χ0n) is 10.5. The Morgan fingerprint density at radius 3 is 2.38 bits per heavy atom. The first-order valence-electron chi connectivity index (χ1n) is 6.58. The van der Waals surface area contributed by atoms with Crippen molar-refractivity contribution in [1.29, 1.82) is 0 Å². The summed E-state index contributed by atoms with van der Waals surface area (Å²) in [4.78, 5) is 14.5. The highest BCUT2D eigenvalue weighted by molar-refractivity contribution is 5.83. The molecule has 0 aromatic rings. The molecular formula is C13H24N2O. The van der Waals surface area contributed by atoms with Gasteiger partial charge in [0, 0.05) is 19.1 Å². The van der Waals surface area contributed by atoms with Gasteiger partial charge in [-0.1, -0.05) is 19.3 Å². The Hall–Kier alpha value is -0.570. The number of hydrogen-bond acceptors (Lipinski definition) is 2. The van der Waals surface area contributed by atoms with E-state index in [1.165, 1.54) is 25.7 Å². The monoisotopic (exact) mass is 224 g/mol. The van der Waals surface area contributed by atoms with Crippen molar-refractivity contribution < 1.29 is 4.79 Å². The molecule has 2 unspecified atom stereocenters. The second-order valence-electron chi connectivity index (χ2n) is 5.77. The highest BCUT2D eigenvalue weighted by Gasteiger charge is 2.45. The standard InChI is InChI=1S/C13H24N2O/c1-13(9-5-8-11(13)14)12(16)15(2)10-6-3-4-7-10/h10-11H,3-9,14H2,1-2H3. The lowest BCUT2D eigenvalue weighted by molar-refractivity contribution is -0.142. The van der Waals surface area contributed by atoms with Crippen LogP contribution in [0.4, 0.5) is 0 Å². The molecule has 2 rings (SSSR count). The third-order valence-electron chi connectivity index (χ3n) is 4.71. The number of carbonyl (C=O) groups is 1. The van der Waals surface area contributed by atoms with Crippen LogP contribution in [0.1, 0.15) is 51.9 Å². The van der Waals surface area contributed by atoms with E-state index in [9.17, 15) is 4.79 Å². The molecule has 92 valence electrons. The molecule has 0 radical (unpaired) electrons. The Kier molecular flexibility index (Phi) is 3.24. The minimum Gasteiger partial charge on any atom is -0.342 e. The van der Waals surface area contributed by atoms with Crippen LogP contribution in [0, 0.1) is 5.41 Å². The average Bonchev–Trinajstić information content (AvgIpc) is 2.88. The van der Waals surface area contributed by atoms with E-state index in [-0.39, 0.29) is 17.4 Å².